The normalized spacial score (nSPS) is 10.4. The van der Waals surface area contributed by atoms with Gasteiger partial charge in [-0.3, -0.25) is 0 Å². The molecule has 3 aromatic carbocycles. The number of ether oxygens (including phenoxy) is 3. The number of esters is 2. The molecule has 0 spiro atoms. The predicted molar refractivity (Wildman–Crippen MR) is 119 cm³/mol. The fourth-order valence-corrected chi connectivity index (χ4v) is 3.08. The van der Waals surface area contributed by atoms with Crippen molar-refractivity contribution in [3.05, 3.63) is 94.0 Å². The van der Waals surface area contributed by atoms with Gasteiger partial charge in [-0.2, -0.15) is 0 Å². The Kier molecular flexibility index (Phi) is 7.68. The maximum absolute atomic E-state index is 12.3. The van der Waals surface area contributed by atoms with E-state index in [-0.39, 0.29) is 19.0 Å². The first-order valence-electron chi connectivity index (χ1n) is 9.83. The van der Waals surface area contributed by atoms with Crippen molar-refractivity contribution in [2.24, 2.45) is 0 Å². The van der Waals surface area contributed by atoms with E-state index >= 15 is 0 Å². The van der Waals surface area contributed by atoms with Gasteiger partial charge in [0.2, 0.25) is 0 Å². The smallest absolute Gasteiger partial charge is 0.349 e. The van der Waals surface area contributed by atoms with Crippen molar-refractivity contribution in [1.29, 1.82) is 0 Å². The van der Waals surface area contributed by atoms with Gasteiger partial charge in [0, 0.05) is 11.4 Å². The van der Waals surface area contributed by atoms with Gasteiger partial charge in [0.05, 0.1) is 12.2 Å². The minimum absolute atomic E-state index is 0.245. The molecule has 0 amide bonds. The van der Waals surface area contributed by atoms with Gasteiger partial charge in [0.25, 0.3) is 0 Å². The highest BCUT2D eigenvalue weighted by atomic mass is 35.5. The standard InChI is InChI=1S/C25H23ClO5/c1-17-13-22(14-18(2)24(17)26)30-16-23(27)31-21-10-6-9-20(15-21)25(28)29-12-11-19-7-4-3-5-8-19/h3-10,13-15H,11-12,16H2,1-2H3. The molecule has 0 bridgehead atoms. The highest BCUT2D eigenvalue weighted by molar-refractivity contribution is 6.32. The number of hydrogen-bond acceptors (Lipinski definition) is 5. The van der Waals surface area contributed by atoms with Crippen molar-refractivity contribution >= 4 is 23.5 Å². The second kappa shape index (κ2) is 10.6. The van der Waals surface area contributed by atoms with E-state index in [0.717, 1.165) is 16.7 Å². The van der Waals surface area contributed by atoms with Crippen molar-refractivity contribution in [3.8, 4) is 11.5 Å². The van der Waals surface area contributed by atoms with E-state index in [4.69, 9.17) is 25.8 Å². The average molecular weight is 439 g/mol. The van der Waals surface area contributed by atoms with Gasteiger partial charge in [-0.05, 0) is 60.9 Å². The Labute approximate surface area is 186 Å². The molecule has 0 atom stereocenters. The molecule has 0 unspecified atom stereocenters. The van der Waals surface area contributed by atoms with Crippen LogP contribution in [-0.2, 0) is 16.0 Å². The summed E-state index contributed by atoms with van der Waals surface area (Å²) < 4.78 is 16.1. The number of halogens is 1. The molecule has 5 nitrogen and oxygen atoms in total. The van der Waals surface area contributed by atoms with E-state index in [9.17, 15) is 9.59 Å². The summed E-state index contributed by atoms with van der Waals surface area (Å²) in [5, 5.41) is 0.669. The molecule has 0 fully saturated rings. The lowest BCUT2D eigenvalue weighted by Gasteiger charge is -2.10. The second-order valence-electron chi connectivity index (χ2n) is 7.03. The molecule has 6 heteroatoms. The summed E-state index contributed by atoms with van der Waals surface area (Å²) in [7, 11) is 0. The number of rotatable bonds is 8. The average Bonchev–Trinajstić information content (AvgIpc) is 2.77. The van der Waals surface area contributed by atoms with Gasteiger partial charge in [0.1, 0.15) is 11.5 Å². The third kappa shape index (κ3) is 6.59. The summed E-state index contributed by atoms with van der Waals surface area (Å²) in [6.07, 6.45) is 0.627. The van der Waals surface area contributed by atoms with Gasteiger partial charge in [-0.1, -0.05) is 48.0 Å². The zero-order valence-corrected chi connectivity index (χ0v) is 18.1. The van der Waals surface area contributed by atoms with Crippen LogP contribution in [0, 0.1) is 13.8 Å². The monoisotopic (exact) mass is 438 g/mol. The summed E-state index contributed by atoms with van der Waals surface area (Å²) in [5.74, 6) is -0.279. The summed E-state index contributed by atoms with van der Waals surface area (Å²) in [6, 6.07) is 19.6. The molecular formula is C25H23ClO5. The first-order valence-corrected chi connectivity index (χ1v) is 10.2. The molecule has 0 aliphatic rings. The molecule has 0 radical (unpaired) electrons. The van der Waals surface area contributed by atoms with Crippen LogP contribution in [-0.4, -0.2) is 25.2 Å². The molecule has 0 heterocycles. The molecule has 0 aliphatic carbocycles. The Balaban J connectivity index is 1.51. The lowest BCUT2D eigenvalue weighted by Crippen LogP contribution is -2.18. The van der Waals surface area contributed by atoms with Crippen molar-refractivity contribution in [1.82, 2.24) is 0 Å². The van der Waals surface area contributed by atoms with Gasteiger partial charge < -0.3 is 14.2 Å². The minimum Gasteiger partial charge on any atom is -0.482 e. The summed E-state index contributed by atoms with van der Waals surface area (Å²) in [5.41, 5.74) is 3.12. The largest absolute Gasteiger partial charge is 0.482 e. The van der Waals surface area contributed by atoms with Gasteiger partial charge in [-0.25, -0.2) is 9.59 Å². The van der Waals surface area contributed by atoms with E-state index in [1.807, 2.05) is 44.2 Å². The lowest BCUT2D eigenvalue weighted by atomic mass is 10.1. The van der Waals surface area contributed by atoms with Crippen molar-refractivity contribution < 1.29 is 23.8 Å². The number of benzene rings is 3. The Morgan fingerprint density at radius 3 is 2.29 bits per heavy atom. The maximum Gasteiger partial charge on any atom is 0.349 e. The molecule has 3 rings (SSSR count). The Hall–Kier alpha value is -3.31. The third-order valence-corrected chi connectivity index (χ3v) is 5.13. The van der Waals surface area contributed by atoms with Crippen LogP contribution in [0.2, 0.25) is 5.02 Å². The van der Waals surface area contributed by atoms with Gasteiger partial charge in [-0.15, -0.1) is 0 Å². The first-order chi connectivity index (χ1) is 14.9. The molecule has 0 saturated heterocycles. The number of hydrogen-bond donors (Lipinski definition) is 0. The highest BCUT2D eigenvalue weighted by Crippen LogP contribution is 2.26. The zero-order chi connectivity index (χ0) is 22.2. The Morgan fingerprint density at radius 2 is 1.58 bits per heavy atom. The van der Waals surface area contributed by atoms with Crippen molar-refractivity contribution in [2.45, 2.75) is 20.3 Å². The fourth-order valence-electron chi connectivity index (χ4n) is 2.97. The van der Waals surface area contributed by atoms with Gasteiger partial charge in [0.15, 0.2) is 6.61 Å². The molecule has 0 N–H and O–H groups in total. The van der Waals surface area contributed by atoms with E-state index in [1.165, 1.54) is 6.07 Å². The SMILES string of the molecule is Cc1cc(OCC(=O)Oc2cccc(C(=O)OCCc3ccccc3)c2)cc(C)c1Cl. The second-order valence-corrected chi connectivity index (χ2v) is 7.41. The van der Waals surface area contributed by atoms with Crippen molar-refractivity contribution in [3.63, 3.8) is 0 Å². The third-order valence-electron chi connectivity index (χ3n) is 4.53. The van der Waals surface area contributed by atoms with Crippen LogP contribution < -0.4 is 9.47 Å². The molecular weight excluding hydrogens is 416 g/mol. The lowest BCUT2D eigenvalue weighted by molar-refractivity contribution is -0.136. The molecule has 0 saturated carbocycles. The molecule has 160 valence electrons. The van der Waals surface area contributed by atoms with Crippen LogP contribution in [0.4, 0.5) is 0 Å². The van der Waals surface area contributed by atoms with Crippen LogP contribution in [0.1, 0.15) is 27.0 Å². The number of aryl methyl sites for hydroxylation is 2. The Bertz CT molecular complexity index is 1040. The quantitative estimate of drug-likeness (QED) is 0.351. The maximum atomic E-state index is 12.3. The summed E-state index contributed by atoms with van der Waals surface area (Å²) >= 11 is 6.14. The predicted octanol–water partition coefficient (Wildman–Crippen LogP) is 5.34. The summed E-state index contributed by atoms with van der Waals surface area (Å²) in [6.45, 7) is 3.72. The van der Waals surface area contributed by atoms with E-state index in [0.29, 0.717) is 22.8 Å². The van der Waals surface area contributed by atoms with E-state index < -0.39 is 11.9 Å². The fraction of sp³-hybridized carbons (Fsp3) is 0.200. The Morgan fingerprint density at radius 1 is 0.871 bits per heavy atom. The first kappa shape index (κ1) is 22.4. The van der Waals surface area contributed by atoms with Crippen LogP contribution in [0.25, 0.3) is 0 Å². The van der Waals surface area contributed by atoms with Gasteiger partial charge >= 0.3 is 11.9 Å². The number of carbonyl (C=O) groups is 2. The minimum atomic E-state index is -0.583. The topological polar surface area (TPSA) is 61.8 Å². The molecule has 0 aromatic heterocycles. The van der Waals surface area contributed by atoms with Crippen LogP contribution >= 0.6 is 11.6 Å². The zero-order valence-electron chi connectivity index (χ0n) is 17.4. The molecule has 31 heavy (non-hydrogen) atoms. The van der Waals surface area contributed by atoms with E-state index in [2.05, 4.69) is 0 Å². The number of carbonyl (C=O) groups excluding carboxylic acids is 2. The highest BCUT2D eigenvalue weighted by Gasteiger charge is 2.12. The molecule has 3 aromatic rings. The summed E-state index contributed by atoms with van der Waals surface area (Å²) in [4.78, 5) is 24.4. The van der Waals surface area contributed by atoms with Crippen LogP contribution in [0.5, 0.6) is 11.5 Å². The van der Waals surface area contributed by atoms with Crippen LogP contribution in [0.15, 0.2) is 66.7 Å². The van der Waals surface area contributed by atoms with E-state index in [1.54, 1.807) is 30.3 Å². The van der Waals surface area contributed by atoms with Crippen molar-refractivity contribution in [2.75, 3.05) is 13.2 Å². The molecule has 0 aliphatic heterocycles. The van der Waals surface area contributed by atoms with Crippen LogP contribution in [0.3, 0.4) is 0 Å².